The summed E-state index contributed by atoms with van der Waals surface area (Å²) >= 11 is 1.76. The molecule has 1 atom stereocenters. The van der Waals surface area contributed by atoms with Crippen LogP contribution < -0.4 is 0 Å². The molecule has 1 heterocycles. The number of aromatic hydroxyl groups is 2. The van der Waals surface area contributed by atoms with Crippen molar-refractivity contribution in [3.05, 3.63) is 24.0 Å². The van der Waals surface area contributed by atoms with Crippen molar-refractivity contribution in [3.63, 3.8) is 0 Å². The van der Waals surface area contributed by atoms with Crippen molar-refractivity contribution in [1.29, 1.82) is 0 Å². The average Bonchev–Trinajstić information content (AvgIpc) is 2.83. The van der Waals surface area contributed by atoms with Crippen LogP contribution in [-0.2, 0) is 5.75 Å². The predicted octanol–water partition coefficient (Wildman–Crippen LogP) is 3.18. The molecule has 102 valence electrons. The lowest BCUT2D eigenvalue weighted by molar-refractivity contribution is 0.422. The first-order chi connectivity index (χ1) is 9.08. The molecule has 2 N–H and O–H groups in total. The first-order valence-electron chi connectivity index (χ1n) is 6.06. The van der Waals surface area contributed by atoms with Gasteiger partial charge in [0.1, 0.15) is 11.5 Å². The smallest absolute Gasteiger partial charge is 0.258 e. The maximum Gasteiger partial charge on any atom is 0.258 e. The van der Waals surface area contributed by atoms with Crippen molar-refractivity contribution in [2.45, 2.75) is 31.3 Å². The van der Waals surface area contributed by atoms with Gasteiger partial charge in [-0.2, -0.15) is 16.7 Å². The van der Waals surface area contributed by atoms with E-state index in [1.807, 2.05) is 0 Å². The van der Waals surface area contributed by atoms with Crippen LogP contribution in [-0.4, -0.2) is 25.6 Å². The van der Waals surface area contributed by atoms with Gasteiger partial charge in [-0.1, -0.05) is 19.0 Å². The highest BCUT2D eigenvalue weighted by Crippen LogP contribution is 2.28. The molecule has 0 aliphatic rings. The first-order valence-corrected chi connectivity index (χ1v) is 7.11. The Kier molecular flexibility index (Phi) is 4.31. The third kappa shape index (κ3) is 3.64. The monoisotopic (exact) mass is 280 g/mol. The molecule has 5 nitrogen and oxygen atoms in total. The Labute approximate surface area is 115 Å². The molecule has 0 saturated carbocycles. The quantitative estimate of drug-likeness (QED) is 0.875. The maximum atomic E-state index is 9.42. The number of thioether (sulfide) groups is 1. The lowest BCUT2D eigenvalue weighted by atomic mass is 10.2. The molecule has 0 fully saturated rings. The van der Waals surface area contributed by atoms with Gasteiger partial charge < -0.3 is 14.7 Å². The van der Waals surface area contributed by atoms with Gasteiger partial charge in [-0.05, 0) is 18.6 Å². The maximum absolute atomic E-state index is 9.42. The molecule has 0 radical (unpaired) electrons. The Morgan fingerprint density at radius 1 is 1.26 bits per heavy atom. The van der Waals surface area contributed by atoms with Crippen LogP contribution in [0.2, 0.25) is 0 Å². The average molecular weight is 280 g/mol. The highest BCUT2D eigenvalue weighted by Gasteiger charge is 2.11. The van der Waals surface area contributed by atoms with Gasteiger partial charge in [0.15, 0.2) is 5.82 Å². The van der Waals surface area contributed by atoms with E-state index in [1.54, 1.807) is 11.8 Å². The summed E-state index contributed by atoms with van der Waals surface area (Å²) in [6.45, 7) is 4.29. The van der Waals surface area contributed by atoms with Crippen LogP contribution in [0, 0.1) is 0 Å². The Morgan fingerprint density at radius 2 is 1.95 bits per heavy atom. The van der Waals surface area contributed by atoms with Gasteiger partial charge in [-0.25, -0.2) is 0 Å². The van der Waals surface area contributed by atoms with Gasteiger partial charge in [0.05, 0.1) is 5.75 Å². The summed E-state index contributed by atoms with van der Waals surface area (Å²) < 4.78 is 5.13. The normalized spacial score (nSPS) is 12.5. The number of nitrogens with zero attached hydrogens (tertiary/aromatic N) is 2. The number of hydrogen-bond donors (Lipinski definition) is 2. The zero-order chi connectivity index (χ0) is 13.8. The first kappa shape index (κ1) is 13.7. The zero-order valence-corrected chi connectivity index (χ0v) is 11.6. The molecular formula is C13H16N2O3S. The molecule has 1 aromatic heterocycles. The third-order valence-electron chi connectivity index (χ3n) is 2.69. The fourth-order valence-corrected chi connectivity index (χ4v) is 2.27. The van der Waals surface area contributed by atoms with E-state index in [0.717, 1.165) is 6.42 Å². The van der Waals surface area contributed by atoms with Crippen molar-refractivity contribution < 1.29 is 14.7 Å². The van der Waals surface area contributed by atoms with Gasteiger partial charge in [-0.15, -0.1) is 0 Å². The topological polar surface area (TPSA) is 79.4 Å². The molecule has 1 aromatic carbocycles. The van der Waals surface area contributed by atoms with Crippen LogP contribution in [0.4, 0.5) is 0 Å². The van der Waals surface area contributed by atoms with E-state index in [4.69, 9.17) is 4.52 Å². The summed E-state index contributed by atoms with van der Waals surface area (Å²) in [5.74, 6) is 1.52. The number of hydrogen-bond acceptors (Lipinski definition) is 6. The summed E-state index contributed by atoms with van der Waals surface area (Å²) in [5.41, 5.74) is 0.504. The van der Waals surface area contributed by atoms with E-state index in [-0.39, 0.29) is 11.5 Å². The highest BCUT2D eigenvalue weighted by molar-refractivity contribution is 7.99. The summed E-state index contributed by atoms with van der Waals surface area (Å²) in [5, 5.41) is 23.3. The van der Waals surface area contributed by atoms with Crippen molar-refractivity contribution in [1.82, 2.24) is 10.1 Å². The molecule has 0 aliphatic carbocycles. The molecule has 2 rings (SSSR count). The number of phenols is 2. The van der Waals surface area contributed by atoms with Gasteiger partial charge >= 0.3 is 0 Å². The van der Waals surface area contributed by atoms with Gasteiger partial charge in [0.25, 0.3) is 5.89 Å². The van der Waals surface area contributed by atoms with E-state index in [1.165, 1.54) is 18.2 Å². The second kappa shape index (κ2) is 5.97. The van der Waals surface area contributed by atoms with E-state index in [0.29, 0.717) is 28.3 Å². The molecule has 2 aromatic rings. The molecule has 0 spiro atoms. The molecule has 0 amide bonds. The fraction of sp³-hybridized carbons (Fsp3) is 0.385. The standard InChI is InChI=1S/C13H16N2O3S/c1-3-8(2)19-7-12-14-13(18-15-12)9-4-10(16)6-11(17)5-9/h4-6,8,16-17H,3,7H2,1-2H3. The van der Waals surface area contributed by atoms with Crippen LogP contribution in [0.1, 0.15) is 26.1 Å². The summed E-state index contributed by atoms with van der Waals surface area (Å²) in [4.78, 5) is 4.25. The molecule has 6 heteroatoms. The van der Waals surface area contributed by atoms with Crippen LogP contribution in [0.15, 0.2) is 22.7 Å². The van der Waals surface area contributed by atoms with Crippen molar-refractivity contribution in [2.24, 2.45) is 0 Å². The molecule has 0 saturated heterocycles. The lowest BCUT2D eigenvalue weighted by Gasteiger charge is -2.04. The molecular weight excluding hydrogens is 264 g/mol. The third-order valence-corrected chi connectivity index (χ3v) is 4.02. The molecule has 0 aliphatic heterocycles. The minimum Gasteiger partial charge on any atom is -0.508 e. The zero-order valence-electron chi connectivity index (χ0n) is 10.8. The number of benzene rings is 1. The Balaban J connectivity index is 2.12. The second-order valence-electron chi connectivity index (χ2n) is 4.28. The molecule has 1 unspecified atom stereocenters. The van der Waals surface area contributed by atoms with Crippen molar-refractivity contribution >= 4 is 11.8 Å². The SMILES string of the molecule is CCC(C)SCc1noc(-c2cc(O)cc(O)c2)n1. The van der Waals surface area contributed by atoms with Gasteiger partial charge in [0, 0.05) is 16.9 Å². The summed E-state index contributed by atoms with van der Waals surface area (Å²) in [6, 6.07) is 4.19. The molecule has 19 heavy (non-hydrogen) atoms. The minimum absolute atomic E-state index is 0.0382. The minimum atomic E-state index is -0.0382. The van der Waals surface area contributed by atoms with E-state index in [2.05, 4.69) is 24.0 Å². The number of aromatic nitrogens is 2. The summed E-state index contributed by atoms with van der Waals surface area (Å²) in [7, 11) is 0. The molecule has 0 bridgehead atoms. The van der Waals surface area contributed by atoms with Gasteiger partial charge in [-0.3, -0.25) is 0 Å². The van der Waals surface area contributed by atoms with Crippen LogP contribution in [0.25, 0.3) is 11.5 Å². The van der Waals surface area contributed by atoms with E-state index < -0.39 is 0 Å². The fourth-order valence-electron chi connectivity index (χ4n) is 1.48. The Hall–Kier alpha value is -1.69. The van der Waals surface area contributed by atoms with E-state index >= 15 is 0 Å². The van der Waals surface area contributed by atoms with Gasteiger partial charge in [0.2, 0.25) is 0 Å². The number of rotatable bonds is 5. The van der Waals surface area contributed by atoms with Crippen molar-refractivity contribution in [3.8, 4) is 23.0 Å². The Morgan fingerprint density at radius 3 is 2.58 bits per heavy atom. The second-order valence-corrected chi connectivity index (χ2v) is 5.71. The van der Waals surface area contributed by atoms with Crippen LogP contribution >= 0.6 is 11.8 Å². The van der Waals surface area contributed by atoms with Crippen LogP contribution in [0.5, 0.6) is 11.5 Å². The Bertz CT molecular complexity index is 536. The highest BCUT2D eigenvalue weighted by atomic mass is 32.2. The van der Waals surface area contributed by atoms with Crippen molar-refractivity contribution in [2.75, 3.05) is 0 Å². The summed E-state index contributed by atoms with van der Waals surface area (Å²) in [6.07, 6.45) is 1.09. The van der Waals surface area contributed by atoms with Crippen LogP contribution in [0.3, 0.4) is 0 Å². The number of phenolic OH excluding ortho intramolecular Hbond substituents is 2. The lowest BCUT2D eigenvalue weighted by Crippen LogP contribution is -1.94. The largest absolute Gasteiger partial charge is 0.508 e. The predicted molar refractivity (Wildman–Crippen MR) is 74.1 cm³/mol. The van der Waals surface area contributed by atoms with E-state index in [9.17, 15) is 10.2 Å².